The molecule has 0 aliphatic rings. The maximum Gasteiger partial charge on any atom is 0.396 e. The molecule has 4 rings (SSSR count). The van der Waals surface area contributed by atoms with Crippen LogP contribution in [0.3, 0.4) is 0 Å². The Labute approximate surface area is 182 Å². The predicted molar refractivity (Wildman–Crippen MR) is 119 cm³/mol. The lowest BCUT2D eigenvalue weighted by Crippen LogP contribution is -2.37. The molecule has 31 heavy (non-hydrogen) atoms. The van der Waals surface area contributed by atoms with E-state index in [0.29, 0.717) is 21.6 Å². The van der Waals surface area contributed by atoms with Crippen LogP contribution in [-0.4, -0.2) is 21.4 Å². The summed E-state index contributed by atoms with van der Waals surface area (Å²) in [5.41, 5.74) is 1.31. The number of amides is 1. The minimum absolute atomic E-state index is 0.0734. The fourth-order valence-electron chi connectivity index (χ4n) is 3.13. The molecule has 0 saturated heterocycles. The minimum Gasteiger partial charge on any atom is -0.497 e. The quantitative estimate of drug-likeness (QED) is 0.448. The van der Waals surface area contributed by atoms with E-state index in [1.807, 2.05) is 0 Å². The van der Waals surface area contributed by atoms with Crippen molar-refractivity contribution in [3.05, 3.63) is 87.6 Å². The summed E-state index contributed by atoms with van der Waals surface area (Å²) >= 11 is 0.834. The van der Waals surface area contributed by atoms with Crippen LogP contribution in [0.15, 0.2) is 80.8 Å². The van der Waals surface area contributed by atoms with Crippen molar-refractivity contribution in [2.24, 2.45) is 0 Å². The van der Waals surface area contributed by atoms with Crippen LogP contribution in [0.1, 0.15) is 15.9 Å². The largest absolute Gasteiger partial charge is 0.497 e. The summed E-state index contributed by atoms with van der Waals surface area (Å²) in [4.78, 5) is 24.5. The normalized spacial score (nSPS) is 11.4. The first kappa shape index (κ1) is 20.8. The molecule has 0 aliphatic heterocycles. The number of fused-ring (bicyclic) bond motifs is 1. The standard InChI is InChI=1S/C22H17NO6S2/c1-14-5-3-4-6-18(14)21(24)23(15-7-12-19-20(13-15)30-22(25)29-19)31(26,27)17-10-8-16(28-2)9-11-17/h3-13H,1-2H3. The molecule has 9 heteroatoms. The number of ether oxygens (including phenoxy) is 1. The molecule has 0 atom stereocenters. The third-order valence-corrected chi connectivity index (χ3v) is 7.22. The highest BCUT2D eigenvalue weighted by Gasteiger charge is 2.33. The number of rotatable bonds is 5. The van der Waals surface area contributed by atoms with Crippen LogP contribution in [0.4, 0.5) is 5.69 Å². The van der Waals surface area contributed by atoms with Crippen molar-refractivity contribution in [3.8, 4) is 5.75 Å². The number of carbonyl (C=O) groups is 1. The number of methoxy groups -OCH3 is 1. The molecule has 0 unspecified atom stereocenters. The maximum absolute atomic E-state index is 13.6. The van der Waals surface area contributed by atoms with E-state index in [1.165, 1.54) is 49.6 Å². The molecule has 158 valence electrons. The van der Waals surface area contributed by atoms with Gasteiger partial charge in [0.15, 0.2) is 0 Å². The number of hydrogen-bond acceptors (Lipinski definition) is 7. The first-order valence-electron chi connectivity index (χ1n) is 9.14. The maximum atomic E-state index is 13.6. The average molecular weight is 456 g/mol. The topological polar surface area (TPSA) is 93.9 Å². The third kappa shape index (κ3) is 3.85. The molecule has 1 heterocycles. The van der Waals surface area contributed by atoms with Crippen molar-refractivity contribution in [3.63, 3.8) is 0 Å². The molecule has 0 saturated carbocycles. The van der Waals surface area contributed by atoms with Crippen LogP contribution in [0, 0.1) is 6.92 Å². The Bertz CT molecular complexity index is 1430. The summed E-state index contributed by atoms with van der Waals surface area (Å²) in [6.45, 7) is 1.73. The fraction of sp³-hybridized carbons (Fsp3) is 0.0909. The van der Waals surface area contributed by atoms with Crippen molar-refractivity contribution >= 4 is 43.2 Å². The highest BCUT2D eigenvalue weighted by atomic mass is 32.2. The van der Waals surface area contributed by atoms with Gasteiger partial charge in [0.2, 0.25) is 0 Å². The molecule has 0 radical (unpaired) electrons. The van der Waals surface area contributed by atoms with E-state index in [-0.39, 0.29) is 16.1 Å². The first-order chi connectivity index (χ1) is 14.8. The number of benzene rings is 3. The molecular formula is C22H17NO6S2. The monoisotopic (exact) mass is 455 g/mol. The van der Waals surface area contributed by atoms with Crippen molar-refractivity contribution in [1.82, 2.24) is 0 Å². The van der Waals surface area contributed by atoms with Gasteiger partial charge in [-0.25, -0.2) is 13.2 Å². The van der Waals surface area contributed by atoms with E-state index < -0.39 is 20.9 Å². The van der Waals surface area contributed by atoms with Crippen LogP contribution < -0.4 is 14.0 Å². The van der Waals surface area contributed by atoms with E-state index in [9.17, 15) is 18.0 Å². The SMILES string of the molecule is COc1ccc(S(=O)(=O)N(C(=O)c2ccccc2C)c2ccc3oc(=O)sc3c2)cc1. The van der Waals surface area contributed by atoms with Crippen LogP contribution >= 0.6 is 11.3 Å². The minimum atomic E-state index is -4.28. The Morgan fingerprint density at radius 1 is 1.03 bits per heavy atom. The molecular weight excluding hydrogens is 438 g/mol. The lowest BCUT2D eigenvalue weighted by atomic mass is 10.1. The fourth-order valence-corrected chi connectivity index (χ4v) is 5.23. The van der Waals surface area contributed by atoms with Gasteiger partial charge in [-0.3, -0.25) is 4.79 Å². The molecule has 7 nitrogen and oxygen atoms in total. The lowest BCUT2D eigenvalue weighted by molar-refractivity contribution is 0.100. The molecule has 4 aromatic rings. The van der Waals surface area contributed by atoms with Gasteiger partial charge in [-0.15, -0.1) is 0 Å². The van der Waals surface area contributed by atoms with E-state index in [2.05, 4.69) is 0 Å². The van der Waals surface area contributed by atoms with Crippen LogP contribution in [0.2, 0.25) is 0 Å². The highest BCUT2D eigenvalue weighted by Crippen LogP contribution is 2.31. The van der Waals surface area contributed by atoms with Gasteiger partial charge in [-0.05, 0) is 61.0 Å². The summed E-state index contributed by atoms with van der Waals surface area (Å²) in [6.07, 6.45) is 0. The summed E-state index contributed by atoms with van der Waals surface area (Å²) in [5.74, 6) is -0.218. The van der Waals surface area contributed by atoms with Crippen molar-refractivity contribution < 1.29 is 22.4 Å². The zero-order chi connectivity index (χ0) is 22.2. The van der Waals surface area contributed by atoms with Crippen LogP contribution in [-0.2, 0) is 10.0 Å². The summed E-state index contributed by atoms with van der Waals surface area (Å²) in [6, 6.07) is 16.9. The van der Waals surface area contributed by atoms with Gasteiger partial charge in [0.25, 0.3) is 15.9 Å². The number of aryl methyl sites for hydroxylation is 1. The third-order valence-electron chi connectivity index (χ3n) is 4.71. The van der Waals surface area contributed by atoms with Crippen molar-refractivity contribution in [2.45, 2.75) is 11.8 Å². The smallest absolute Gasteiger partial charge is 0.396 e. The highest BCUT2D eigenvalue weighted by molar-refractivity contribution is 7.93. The van der Waals surface area contributed by atoms with Gasteiger partial charge >= 0.3 is 4.94 Å². The number of hydrogen-bond donors (Lipinski definition) is 0. The number of sulfonamides is 1. The van der Waals surface area contributed by atoms with Gasteiger partial charge in [0.1, 0.15) is 11.3 Å². The molecule has 0 N–H and O–H groups in total. The Hall–Kier alpha value is -3.43. The molecule has 1 aromatic heterocycles. The second-order valence-corrected chi connectivity index (χ2v) is 9.41. The van der Waals surface area contributed by atoms with Crippen LogP contribution in [0.5, 0.6) is 5.75 Å². The van der Waals surface area contributed by atoms with Gasteiger partial charge < -0.3 is 9.15 Å². The van der Waals surface area contributed by atoms with Crippen molar-refractivity contribution in [2.75, 3.05) is 11.4 Å². The van der Waals surface area contributed by atoms with Gasteiger partial charge in [0.05, 0.1) is 22.4 Å². The molecule has 1 amide bonds. The van der Waals surface area contributed by atoms with Gasteiger partial charge in [-0.2, -0.15) is 4.31 Å². The number of carbonyl (C=O) groups excluding carboxylic acids is 1. The second kappa shape index (κ2) is 8.01. The predicted octanol–water partition coefficient (Wildman–Crippen LogP) is 4.21. The first-order valence-corrected chi connectivity index (χ1v) is 11.4. The van der Waals surface area contributed by atoms with E-state index in [1.54, 1.807) is 31.2 Å². The summed E-state index contributed by atoms with van der Waals surface area (Å²) in [7, 11) is -2.81. The second-order valence-electron chi connectivity index (χ2n) is 6.65. The molecule has 3 aromatic carbocycles. The zero-order valence-electron chi connectivity index (χ0n) is 16.6. The van der Waals surface area contributed by atoms with E-state index >= 15 is 0 Å². The Kier molecular flexibility index (Phi) is 5.38. The van der Waals surface area contributed by atoms with E-state index in [0.717, 1.165) is 15.6 Å². The number of anilines is 1. The van der Waals surface area contributed by atoms with Gasteiger partial charge in [-0.1, -0.05) is 29.5 Å². The average Bonchev–Trinajstić information content (AvgIpc) is 3.13. The molecule has 0 spiro atoms. The Morgan fingerprint density at radius 3 is 2.42 bits per heavy atom. The molecule has 0 fully saturated rings. The zero-order valence-corrected chi connectivity index (χ0v) is 18.2. The Morgan fingerprint density at radius 2 is 1.74 bits per heavy atom. The van der Waals surface area contributed by atoms with E-state index in [4.69, 9.17) is 9.15 Å². The van der Waals surface area contributed by atoms with Gasteiger partial charge in [0, 0.05) is 5.56 Å². The van der Waals surface area contributed by atoms with Crippen LogP contribution in [0.25, 0.3) is 10.3 Å². The molecule has 0 bridgehead atoms. The number of nitrogens with zero attached hydrogens (tertiary/aromatic N) is 1. The summed E-state index contributed by atoms with van der Waals surface area (Å²) < 4.78 is 38.5. The Balaban J connectivity index is 1.91. The van der Waals surface area contributed by atoms with Crippen molar-refractivity contribution in [1.29, 1.82) is 0 Å². The molecule has 0 aliphatic carbocycles. The summed E-state index contributed by atoms with van der Waals surface area (Å²) in [5, 5.41) is 0. The lowest BCUT2D eigenvalue weighted by Gasteiger charge is -2.23.